The molecule has 0 radical (unpaired) electrons. The number of nitrogens with zero attached hydrogens (tertiary/aromatic N) is 1. The van der Waals surface area contributed by atoms with Crippen molar-refractivity contribution in [3.8, 4) is 0 Å². The van der Waals surface area contributed by atoms with Crippen molar-refractivity contribution >= 4 is 11.9 Å². The molecule has 100 valence electrons. The van der Waals surface area contributed by atoms with Crippen LogP contribution >= 0.6 is 0 Å². The van der Waals surface area contributed by atoms with Gasteiger partial charge in [-0.05, 0) is 30.9 Å². The Morgan fingerprint density at radius 3 is 2.79 bits per heavy atom. The third kappa shape index (κ3) is 2.12. The fraction of sp³-hybridized carbons (Fsp3) is 0.400. The number of rotatable bonds is 2. The van der Waals surface area contributed by atoms with Crippen LogP contribution in [0, 0.1) is 0 Å². The molecule has 1 amide bonds. The zero-order valence-electron chi connectivity index (χ0n) is 10.9. The van der Waals surface area contributed by atoms with Gasteiger partial charge in [0, 0.05) is 18.7 Å². The van der Waals surface area contributed by atoms with Crippen LogP contribution in [0.15, 0.2) is 30.3 Å². The number of amides is 1. The topological polar surface area (TPSA) is 49.8 Å². The van der Waals surface area contributed by atoms with Gasteiger partial charge in [0.15, 0.2) is 0 Å². The molecule has 3 rings (SSSR count). The highest BCUT2D eigenvalue weighted by atomic mass is 16.6. The summed E-state index contributed by atoms with van der Waals surface area (Å²) in [7, 11) is 1.77. The summed E-state index contributed by atoms with van der Waals surface area (Å²) in [4.78, 5) is 13.7. The van der Waals surface area contributed by atoms with Crippen molar-refractivity contribution in [2.24, 2.45) is 0 Å². The number of ether oxygens (including phenoxy) is 1. The number of aliphatic hydroxyl groups excluding tert-OH is 1. The van der Waals surface area contributed by atoms with Gasteiger partial charge in [-0.3, -0.25) is 0 Å². The van der Waals surface area contributed by atoms with Crippen molar-refractivity contribution in [2.75, 3.05) is 7.05 Å². The van der Waals surface area contributed by atoms with Gasteiger partial charge < -0.3 is 14.7 Å². The van der Waals surface area contributed by atoms with Crippen molar-refractivity contribution in [2.45, 2.75) is 31.4 Å². The van der Waals surface area contributed by atoms with Crippen molar-refractivity contribution in [3.63, 3.8) is 0 Å². The molecule has 1 unspecified atom stereocenters. The Labute approximate surface area is 112 Å². The molecule has 1 saturated carbocycles. The summed E-state index contributed by atoms with van der Waals surface area (Å²) in [5.41, 5.74) is 1.59. The lowest BCUT2D eigenvalue weighted by atomic mass is 9.92. The highest BCUT2D eigenvalue weighted by Crippen LogP contribution is 2.35. The quantitative estimate of drug-likeness (QED) is 0.888. The van der Waals surface area contributed by atoms with E-state index in [4.69, 9.17) is 4.74 Å². The van der Waals surface area contributed by atoms with Gasteiger partial charge >= 0.3 is 6.09 Å². The Hall–Kier alpha value is -1.81. The molecule has 0 spiro atoms. The third-order valence-corrected chi connectivity index (χ3v) is 3.96. The highest BCUT2D eigenvalue weighted by Gasteiger charge is 2.29. The number of fused-ring (bicyclic) bond motifs is 1. The molecule has 0 saturated heterocycles. The maximum Gasteiger partial charge on any atom is 0.415 e. The normalized spacial score (nSPS) is 21.4. The molecule has 0 aliphatic heterocycles. The van der Waals surface area contributed by atoms with E-state index in [-0.39, 0.29) is 6.09 Å². The second kappa shape index (κ2) is 4.70. The van der Waals surface area contributed by atoms with Crippen LogP contribution in [0.3, 0.4) is 0 Å². The molecule has 2 aliphatic rings. The minimum atomic E-state index is -0.687. The molecular weight excluding hydrogens is 242 g/mol. The van der Waals surface area contributed by atoms with Gasteiger partial charge in [0.1, 0.15) is 11.9 Å². The summed E-state index contributed by atoms with van der Waals surface area (Å²) in [5, 5.41) is 9.89. The van der Waals surface area contributed by atoms with Crippen LogP contribution in [0.4, 0.5) is 4.79 Å². The van der Waals surface area contributed by atoms with Crippen molar-refractivity contribution in [3.05, 3.63) is 41.5 Å². The zero-order valence-corrected chi connectivity index (χ0v) is 10.9. The molecule has 1 atom stereocenters. The molecule has 4 heteroatoms. The van der Waals surface area contributed by atoms with Crippen LogP contribution in [0.5, 0.6) is 0 Å². The zero-order chi connectivity index (χ0) is 13.4. The van der Waals surface area contributed by atoms with Crippen LogP contribution in [0.1, 0.15) is 36.5 Å². The van der Waals surface area contributed by atoms with Crippen LogP contribution in [-0.2, 0) is 4.74 Å². The van der Waals surface area contributed by atoms with Crippen LogP contribution in [0.25, 0.3) is 5.76 Å². The smallest absolute Gasteiger partial charge is 0.410 e. The SMILES string of the molecule is CN(C(=O)OC1=CC(O)c2ccccc21)C1CCC1. The maximum atomic E-state index is 12.0. The monoisotopic (exact) mass is 259 g/mol. The highest BCUT2D eigenvalue weighted by molar-refractivity contribution is 5.80. The fourth-order valence-corrected chi connectivity index (χ4v) is 2.48. The summed E-state index contributed by atoms with van der Waals surface area (Å²) in [5.74, 6) is 0.458. The number of carbonyl (C=O) groups excluding carboxylic acids is 1. The molecule has 4 nitrogen and oxygen atoms in total. The van der Waals surface area contributed by atoms with Crippen LogP contribution in [0.2, 0.25) is 0 Å². The molecule has 0 heterocycles. The van der Waals surface area contributed by atoms with E-state index in [9.17, 15) is 9.90 Å². The first-order valence-corrected chi connectivity index (χ1v) is 6.60. The van der Waals surface area contributed by atoms with E-state index in [1.165, 1.54) is 6.42 Å². The average molecular weight is 259 g/mol. The van der Waals surface area contributed by atoms with Crippen LogP contribution < -0.4 is 0 Å². The van der Waals surface area contributed by atoms with Crippen molar-refractivity contribution in [1.82, 2.24) is 4.90 Å². The summed E-state index contributed by atoms with van der Waals surface area (Å²) >= 11 is 0. The molecule has 19 heavy (non-hydrogen) atoms. The second-order valence-corrected chi connectivity index (χ2v) is 5.13. The predicted molar refractivity (Wildman–Crippen MR) is 71.3 cm³/mol. The molecular formula is C15H17NO3. The Balaban J connectivity index is 1.74. The molecule has 1 fully saturated rings. The summed E-state index contributed by atoms with van der Waals surface area (Å²) in [6.07, 6.45) is 3.81. The first-order chi connectivity index (χ1) is 9.16. The van der Waals surface area contributed by atoms with E-state index in [1.54, 1.807) is 18.0 Å². The largest absolute Gasteiger partial charge is 0.415 e. The van der Waals surface area contributed by atoms with E-state index >= 15 is 0 Å². The summed E-state index contributed by atoms with van der Waals surface area (Å²) < 4.78 is 5.41. The van der Waals surface area contributed by atoms with Gasteiger partial charge in [0.05, 0.1) is 0 Å². The Kier molecular flexibility index (Phi) is 3.03. The van der Waals surface area contributed by atoms with Gasteiger partial charge in [-0.2, -0.15) is 0 Å². The van der Waals surface area contributed by atoms with E-state index < -0.39 is 6.10 Å². The van der Waals surface area contributed by atoms with Gasteiger partial charge in [0.2, 0.25) is 0 Å². The Bertz CT molecular complexity index is 534. The second-order valence-electron chi connectivity index (χ2n) is 5.13. The third-order valence-electron chi connectivity index (χ3n) is 3.96. The van der Waals surface area contributed by atoms with E-state index in [0.29, 0.717) is 11.8 Å². The first kappa shape index (κ1) is 12.2. The lowest BCUT2D eigenvalue weighted by molar-refractivity contribution is 0.113. The molecule has 0 aromatic heterocycles. The predicted octanol–water partition coefficient (Wildman–Crippen LogP) is 2.70. The Morgan fingerprint density at radius 2 is 2.11 bits per heavy atom. The average Bonchev–Trinajstić information content (AvgIpc) is 2.65. The number of aliphatic hydroxyl groups is 1. The molecule has 2 aliphatic carbocycles. The number of carbonyl (C=O) groups is 1. The standard InChI is InChI=1S/C15H17NO3/c1-16(10-5-4-6-10)15(18)19-14-9-13(17)11-7-2-3-8-12(11)14/h2-3,7-10,13,17H,4-6H2,1H3. The minimum absolute atomic E-state index is 0.301. The number of hydrogen-bond acceptors (Lipinski definition) is 3. The summed E-state index contributed by atoms with van der Waals surface area (Å²) in [6, 6.07) is 7.73. The maximum absolute atomic E-state index is 12.0. The molecule has 1 aromatic carbocycles. The van der Waals surface area contributed by atoms with E-state index in [1.807, 2.05) is 24.3 Å². The Morgan fingerprint density at radius 1 is 1.37 bits per heavy atom. The van der Waals surface area contributed by atoms with Crippen LogP contribution in [-0.4, -0.2) is 29.2 Å². The van der Waals surface area contributed by atoms with Gasteiger partial charge in [0.25, 0.3) is 0 Å². The van der Waals surface area contributed by atoms with Crippen molar-refractivity contribution < 1.29 is 14.6 Å². The minimum Gasteiger partial charge on any atom is -0.410 e. The fourth-order valence-electron chi connectivity index (χ4n) is 2.48. The number of benzene rings is 1. The van der Waals surface area contributed by atoms with E-state index in [2.05, 4.69) is 0 Å². The number of hydrogen-bond donors (Lipinski definition) is 1. The molecule has 1 aromatic rings. The summed E-state index contributed by atoms with van der Waals surface area (Å²) in [6.45, 7) is 0. The van der Waals surface area contributed by atoms with Gasteiger partial charge in [-0.15, -0.1) is 0 Å². The lowest BCUT2D eigenvalue weighted by Crippen LogP contribution is -2.41. The molecule has 1 N–H and O–H groups in total. The van der Waals surface area contributed by atoms with E-state index in [0.717, 1.165) is 24.0 Å². The first-order valence-electron chi connectivity index (χ1n) is 6.60. The van der Waals surface area contributed by atoms with Gasteiger partial charge in [-0.1, -0.05) is 24.3 Å². The lowest BCUT2D eigenvalue weighted by Gasteiger charge is -2.33. The van der Waals surface area contributed by atoms with Crippen molar-refractivity contribution in [1.29, 1.82) is 0 Å². The van der Waals surface area contributed by atoms with Gasteiger partial charge in [-0.25, -0.2) is 4.79 Å². The molecule has 0 bridgehead atoms.